The van der Waals surface area contributed by atoms with Crippen LogP contribution in [0.4, 0.5) is 5.69 Å². The van der Waals surface area contributed by atoms with Gasteiger partial charge in [0.2, 0.25) is 5.91 Å². The highest BCUT2D eigenvalue weighted by molar-refractivity contribution is 5.91. The van der Waals surface area contributed by atoms with Crippen LogP contribution in [0.25, 0.3) is 5.69 Å². The lowest BCUT2D eigenvalue weighted by atomic mass is 9.90. The van der Waals surface area contributed by atoms with E-state index < -0.39 is 0 Å². The number of nitrogens with one attached hydrogen (secondary N) is 2. The second-order valence-electron chi connectivity index (χ2n) is 6.71. The van der Waals surface area contributed by atoms with Gasteiger partial charge in [0.15, 0.2) is 0 Å². The lowest BCUT2D eigenvalue weighted by Crippen LogP contribution is -2.24. The Kier molecular flexibility index (Phi) is 4.54. The molecule has 0 bridgehead atoms. The summed E-state index contributed by atoms with van der Waals surface area (Å²) in [4.78, 5) is 25.3. The molecule has 6 nitrogen and oxygen atoms in total. The number of amides is 1. The van der Waals surface area contributed by atoms with E-state index in [-0.39, 0.29) is 17.4 Å². The summed E-state index contributed by atoms with van der Waals surface area (Å²) in [5.41, 5.74) is 2.43. The van der Waals surface area contributed by atoms with Crippen molar-refractivity contribution in [3.05, 3.63) is 76.2 Å². The highest BCUT2D eigenvalue weighted by atomic mass is 16.5. The molecule has 0 unspecified atom stereocenters. The summed E-state index contributed by atoms with van der Waals surface area (Å²) in [6.45, 7) is 2.37. The molecule has 0 saturated carbocycles. The molecule has 2 heterocycles. The van der Waals surface area contributed by atoms with E-state index in [2.05, 4.69) is 10.4 Å². The first-order valence-corrected chi connectivity index (χ1v) is 9.02. The minimum absolute atomic E-state index is 0.0885. The Morgan fingerprint density at radius 3 is 2.74 bits per heavy atom. The van der Waals surface area contributed by atoms with Crippen LogP contribution in [0.2, 0.25) is 0 Å². The Morgan fingerprint density at radius 1 is 1.19 bits per heavy atom. The second kappa shape index (κ2) is 7.15. The number of aromatic nitrogens is 2. The molecule has 2 N–H and O–H groups in total. The fourth-order valence-electron chi connectivity index (χ4n) is 3.49. The summed E-state index contributed by atoms with van der Waals surface area (Å²) in [7, 11) is 0. The Labute approximate surface area is 156 Å². The van der Waals surface area contributed by atoms with Gasteiger partial charge in [-0.25, -0.2) is 4.68 Å². The number of aryl methyl sites for hydroxylation is 1. The molecule has 2 aromatic carbocycles. The Balaban J connectivity index is 1.53. The van der Waals surface area contributed by atoms with Crippen LogP contribution in [0.1, 0.15) is 30.0 Å². The van der Waals surface area contributed by atoms with Gasteiger partial charge in [0.25, 0.3) is 5.56 Å². The van der Waals surface area contributed by atoms with E-state index in [9.17, 15) is 9.59 Å². The number of carbonyl (C=O) groups excluding carboxylic acids is 1. The Bertz CT molecular complexity index is 1020. The number of para-hydroxylation sites is 2. The van der Waals surface area contributed by atoms with E-state index in [1.54, 1.807) is 6.92 Å². The van der Waals surface area contributed by atoms with Gasteiger partial charge in [0, 0.05) is 6.42 Å². The molecule has 0 saturated heterocycles. The molecular weight excluding hydrogens is 342 g/mol. The van der Waals surface area contributed by atoms with Crippen molar-refractivity contribution < 1.29 is 9.53 Å². The van der Waals surface area contributed by atoms with E-state index in [0.29, 0.717) is 24.4 Å². The van der Waals surface area contributed by atoms with Crippen LogP contribution >= 0.6 is 0 Å². The molecular formula is C21H21N3O3. The fourth-order valence-corrected chi connectivity index (χ4v) is 3.49. The zero-order valence-electron chi connectivity index (χ0n) is 15.1. The Morgan fingerprint density at radius 2 is 1.93 bits per heavy atom. The highest BCUT2D eigenvalue weighted by Gasteiger charge is 2.24. The number of aromatic amines is 1. The van der Waals surface area contributed by atoms with Crippen molar-refractivity contribution >= 4 is 11.6 Å². The van der Waals surface area contributed by atoms with Crippen molar-refractivity contribution in [2.75, 3.05) is 11.9 Å². The summed E-state index contributed by atoms with van der Waals surface area (Å²) in [6, 6.07) is 17.1. The molecule has 1 amide bonds. The van der Waals surface area contributed by atoms with Crippen molar-refractivity contribution in [1.82, 2.24) is 9.78 Å². The van der Waals surface area contributed by atoms with Gasteiger partial charge in [0.1, 0.15) is 11.4 Å². The van der Waals surface area contributed by atoms with Crippen molar-refractivity contribution in [2.45, 2.75) is 25.7 Å². The number of hydrogen-bond acceptors (Lipinski definition) is 3. The van der Waals surface area contributed by atoms with Gasteiger partial charge >= 0.3 is 0 Å². The molecule has 3 aromatic rings. The Hall–Kier alpha value is -3.28. The standard InChI is InChI=1S/C21H21N3O3/c1-14-20(21(26)24(23-14)16-7-3-2-4-8-16)22-19(25)13-15-11-12-27-18-10-6-5-9-17(15)18/h2-10,15,23H,11-13H2,1H3,(H,22,25)/t15-/m1/s1. The largest absolute Gasteiger partial charge is 0.493 e. The van der Waals surface area contributed by atoms with Crippen molar-refractivity contribution in [1.29, 1.82) is 0 Å². The summed E-state index contributed by atoms with van der Waals surface area (Å²) in [5, 5.41) is 5.83. The van der Waals surface area contributed by atoms with E-state index in [1.807, 2.05) is 54.6 Å². The van der Waals surface area contributed by atoms with E-state index in [4.69, 9.17) is 4.74 Å². The third-order valence-corrected chi connectivity index (χ3v) is 4.86. The molecule has 1 aliphatic rings. The summed E-state index contributed by atoms with van der Waals surface area (Å²) in [6.07, 6.45) is 1.10. The average molecular weight is 363 g/mol. The molecule has 0 fully saturated rings. The number of benzene rings is 2. The predicted molar refractivity (Wildman–Crippen MR) is 104 cm³/mol. The van der Waals surface area contributed by atoms with Gasteiger partial charge in [-0.2, -0.15) is 0 Å². The van der Waals surface area contributed by atoms with Gasteiger partial charge in [-0.1, -0.05) is 36.4 Å². The zero-order valence-corrected chi connectivity index (χ0v) is 15.1. The second-order valence-corrected chi connectivity index (χ2v) is 6.71. The SMILES string of the molecule is Cc1[nH]n(-c2ccccc2)c(=O)c1NC(=O)C[C@H]1CCOc2ccccc21. The van der Waals surface area contributed by atoms with Crippen LogP contribution in [-0.2, 0) is 4.79 Å². The number of fused-ring (bicyclic) bond motifs is 1. The smallest absolute Gasteiger partial charge is 0.295 e. The third kappa shape index (κ3) is 3.38. The van der Waals surface area contributed by atoms with Crippen molar-refractivity contribution in [3.63, 3.8) is 0 Å². The van der Waals surface area contributed by atoms with Crippen molar-refractivity contribution in [2.24, 2.45) is 0 Å². The van der Waals surface area contributed by atoms with Gasteiger partial charge < -0.3 is 10.1 Å². The number of carbonyl (C=O) groups is 1. The topological polar surface area (TPSA) is 76.1 Å². The van der Waals surface area contributed by atoms with E-state index >= 15 is 0 Å². The first-order chi connectivity index (χ1) is 13.1. The van der Waals surface area contributed by atoms with Crippen molar-refractivity contribution in [3.8, 4) is 11.4 Å². The minimum Gasteiger partial charge on any atom is -0.493 e. The van der Waals surface area contributed by atoms with Crippen LogP contribution in [0.3, 0.4) is 0 Å². The van der Waals surface area contributed by atoms with Crippen LogP contribution in [-0.4, -0.2) is 22.3 Å². The maximum absolute atomic E-state index is 12.7. The number of H-pyrrole nitrogens is 1. The average Bonchev–Trinajstić information content (AvgIpc) is 2.97. The molecule has 6 heteroatoms. The minimum atomic E-state index is -0.264. The molecule has 0 aliphatic carbocycles. The van der Waals surface area contributed by atoms with Crippen LogP contribution in [0.15, 0.2) is 59.4 Å². The maximum Gasteiger partial charge on any atom is 0.295 e. The first-order valence-electron chi connectivity index (χ1n) is 9.02. The molecule has 0 radical (unpaired) electrons. The van der Waals surface area contributed by atoms with Gasteiger partial charge in [0.05, 0.1) is 18.0 Å². The predicted octanol–water partition coefficient (Wildman–Crippen LogP) is 3.37. The van der Waals surface area contributed by atoms with Crippen LogP contribution in [0.5, 0.6) is 5.75 Å². The number of anilines is 1. The van der Waals surface area contributed by atoms with Crippen LogP contribution in [0, 0.1) is 6.92 Å². The van der Waals surface area contributed by atoms with Gasteiger partial charge in [-0.15, -0.1) is 0 Å². The number of ether oxygens (including phenoxy) is 1. The lowest BCUT2D eigenvalue weighted by molar-refractivity contribution is -0.116. The third-order valence-electron chi connectivity index (χ3n) is 4.86. The number of nitrogens with zero attached hydrogens (tertiary/aromatic N) is 1. The first kappa shape index (κ1) is 17.1. The lowest BCUT2D eigenvalue weighted by Gasteiger charge is -2.25. The monoisotopic (exact) mass is 363 g/mol. The molecule has 0 spiro atoms. The van der Waals surface area contributed by atoms with Gasteiger partial charge in [-0.3, -0.25) is 14.7 Å². The quantitative estimate of drug-likeness (QED) is 0.746. The summed E-state index contributed by atoms with van der Waals surface area (Å²) in [5.74, 6) is 0.757. The molecule has 27 heavy (non-hydrogen) atoms. The number of hydrogen-bond donors (Lipinski definition) is 2. The summed E-state index contributed by atoms with van der Waals surface area (Å²) >= 11 is 0. The van der Waals surface area contributed by atoms with E-state index in [0.717, 1.165) is 23.4 Å². The molecule has 138 valence electrons. The fraction of sp³-hybridized carbons (Fsp3) is 0.238. The maximum atomic E-state index is 12.7. The van der Waals surface area contributed by atoms with Crippen LogP contribution < -0.4 is 15.6 Å². The van der Waals surface area contributed by atoms with E-state index in [1.165, 1.54) is 4.68 Å². The summed E-state index contributed by atoms with van der Waals surface area (Å²) < 4.78 is 7.09. The zero-order chi connectivity index (χ0) is 18.8. The molecule has 4 rings (SSSR count). The molecule has 1 aliphatic heterocycles. The highest BCUT2D eigenvalue weighted by Crippen LogP contribution is 2.35. The van der Waals surface area contributed by atoms with Gasteiger partial charge in [-0.05, 0) is 43.0 Å². The molecule has 1 aromatic heterocycles. The molecule has 1 atom stereocenters. The normalized spacial score (nSPS) is 15.7. The number of rotatable bonds is 4.